The third kappa shape index (κ3) is 8.55. The van der Waals surface area contributed by atoms with Gasteiger partial charge in [-0.25, -0.2) is 19.8 Å². The molecule has 12 aromatic carbocycles. The average Bonchev–Trinajstić information content (AvgIpc) is 0.939. The van der Waals surface area contributed by atoms with Crippen LogP contribution in [0, 0.1) is 17.9 Å². The van der Waals surface area contributed by atoms with Crippen molar-refractivity contribution in [1.82, 2.24) is 19.9 Å². The van der Waals surface area contributed by atoms with Crippen LogP contribution in [0.3, 0.4) is 0 Å². The third-order valence-electron chi connectivity index (χ3n) is 17.1. The van der Waals surface area contributed by atoms with E-state index < -0.39 is 0 Å². The molecule has 406 valence electrons. The minimum absolute atomic E-state index is 0.469. The molecule has 0 saturated heterocycles. The zero-order valence-electron chi connectivity index (χ0n) is 47.4. The third-order valence-corrected chi connectivity index (χ3v) is 17.1. The summed E-state index contributed by atoms with van der Waals surface area (Å²) in [6.45, 7) is 9.03. The van der Waals surface area contributed by atoms with Gasteiger partial charge < -0.3 is 0 Å². The summed E-state index contributed by atoms with van der Waals surface area (Å²) in [6.07, 6.45) is 0. The lowest BCUT2D eigenvalue weighted by Crippen LogP contribution is -1.99. The van der Waals surface area contributed by atoms with Gasteiger partial charge in [0.15, 0.2) is 0 Å². The van der Waals surface area contributed by atoms with Crippen molar-refractivity contribution in [3.05, 3.63) is 308 Å². The van der Waals surface area contributed by atoms with E-state index in [2.05, 4.69) is 193 Å². The van der Waals surface area contributed by atoms with Gasteiger partial charge in [0.25, 0.3) is 0 Å². The van der Waals surface area contributed by atoms with Crippen molar-refractivity contribution in [2.75, 3.05) is 0 Å². The molecule has 88 heavy (non-hydrogen) atoms. The molecule has 16 rings (SSSR count). The maximum atomic E-state index is 11.5. The first kappa shape index (κ1) is 51.4. The molecular weight excluding hydrogens is 1070 g/mol. The fourth-order valence-electron chi connectivity index (χ4n) is 13.1. The molecule has 0 saturated carbocycles. The SMILES string of the molecule is [C-]#[N+]c1c(-c2ccccc2)nc2c(ccc3c(-c4ccccc4)cc(-c4ccccc4)nc32)c1-c1cccc2c(-c3cccc4c(-c5c(C#N)c(-c6ccccc6)nc6c5ccc5c(-c7ccccc7)cc(-c7ccccc7)nc56)cccc34)cccc12. The largest absolute Gasteiger partial charge is 0.257 e. The molecule has 6 heteroatoms. The van der Waals surface area contributed by atoms with Crippen LogP contribution in [0.4, 0.5) is 5.69 Å². The van der Waals surface area contributed by atoms with Gasteiger partial charge in [0, 0.05) is 38.4 Å². The quantitative estimate of drug-likeness (QED) is 0.106. The summed E-state index contributed by atoms with van der Waals surface area (Å²) in [5, 5.41) is 19.2. The van der Waals surface area contributed by atoms with Crippen LogP contribution in [0.5, 0.6) is 0 Å². The lowest BCUT2D eigenvalue weighted by Gasteiger charge is -2.19. The van der Waals surface area contributed by atoms with Crippen molar-refractivity contribution in [1.29, 1.82) is 5.26 Å². The number of fused-ring (bicyclic) bond motifs is 8. The molecule has 4 aromatic heterocycles. The first-order chi connectivity index (χ1) is 43.6. The van der Waals surface area contributed by atoms with Gasteiger partial charge in [-0.2, -0.15) is 5.26 Å². The van der Waals surface area contributed by atoms with Gasteiger partial charge in [-0.15, -0.1) is 0 Å². The lowest BCUT2D eigenvalue weighted by atomic mass is 9.86. The van der Waals surface area contributed by atoms with Crippen molar-refractivity contribution >= 4 is 70.8 Å². The second-order valence-corrected chi connectivity index (χ2v) is 22.1. The zero-order valence-corrected chi connectivity index (χ0v) is 47.4. The lowest BCUT2D eigenvalue weighted by molar-refractivity contribution is 1.35. The Morgan fingerprint density at radius 3 is 1.02 bits per heavy atom. The number of rotatable bonds is 9. The van der Waals surface area contributed by atoms with Gasteiger partial charge in [-0.1, -0.05) is 279 Å². The minimum Gasteiger partial charge on any atom is -0.257 e. The molecule has 0 aliphatic heterocycles. The molecule has 0 atom stereocenters. The Kier molecular flexibility index (Phi) is 12.5. The van der Waals surface area contributed by atoms with E-state index in [1.807, 2.05) is 109 Å². The first-order valence-corrected chi connectivity index (χ1v) is 29.4. The number of pyridine rings is 4. The summed E-state index contributed by atoms with van der Waals surface area (Å²) in [4.78, 5) is 26.4. The van der Waals surface area contributed by atoms with Crippen molar-refractivity contribution in [3.8, 4) is 107 Å². The number of nitriles is 1. The molecule has 0 unspecified atom stereocenters. The highest BCUT2D eigenvalue weighted by atomic mass is 14.8. The fraction of sp³-hybridized carbons (Fsp3) is 0. The molecule has 4 heterocycles. The second kappa shape index (κ2) is 21.4. The van der Waals surface area contributed by atoms with Crippen LogP contribution in [0.2, 0.25) is 0 Å². The highest BCUT2D eigenvalue weighted by Gasteiger charge is 2.26. The fourth-order valence-corrected chi connectivity index (χ4v) is 13.1. The number of hydrogen-bond donors (Lipinski definition) is 0. The van der Waals surface area contributed by atoms with Crippen molar-refractivity contribution in [3.63, 3.8) is 0 Å². The summed E-state index contributed by atoms with van der Waals surface area (Å²) >= 11 is 0. The summed E-state index contributed by atoms with van der Waals surface area (Å²) < 4.78 is 0. The molecule has 0 spiro atoms. The van der Waals surface area contributed by atoms with E-state index in [4.69, 9.17) is 26.5 Å². The van der Waals surface area contributed by atoms with Gasteiger partial charge in [0.05, 0.1) is 57.0 Å². The van der Waals surface area contributed by atoms with Crippen LogP contribution in [-0.4, -0.2) is 19.9 Å². The molecule has 0 bridgehead atoms. The predicted octanol–water partition coefficient (Wildman–Crippen LogP) is 21.6. The van der Waals surface area contributed by atoms with Crippen molar-refractivity contribution in [2.24, 2.45) is 0 Å². The molecule has 0 N–H and O–H groups in total. The van der Waals surface area contributed by atoms with E-state index in [-0.39, 0.29) is 0 Å². The molecule has 16 aromatic rings. The van der Waals surface area contributed by atoms with E-state index in [9.17, 15) is 5.26 Å². The van der Waals surface area contributed by atoms with Gasteiger partial charge in [0.1, 0.15) is 6.07 Å². The Morgan fingerprint density at radius 2 is 0.602 bits per heavy atom. The molecule has 6 nitrogen and oxygen atoms in total. The molecule has 0 fully saturated rings. The number of aromatic nitrogens is 4. The Balaban J connectivity index is 0.935. The van der Waals surface area contributed by atoms with Gasteiger partial charge in [-0.05, 0) is 94.7 Å². The van der Waals surface area contributed by atoms with Crippen LogP contribution < -0.4 is 0 Å². The van der Waals surface area contributed by atoms with E-state index in [1.54, 1.807) is 0 Å². The minimum atomic E-state index is 0.469. The Bertz CT molecular complexity index is 5200. The van der Waals surface area contributed by atoms with E-state index in [1.165, 1.54) is 0 Å². The molecule has 0 amide bonds. The summed E-state index contributed by atoms with van der Waals surface area (Å²) in [5.74, 6) is 0. The van der Waals surface area contributed by atoms with E-state index in [0.29, 0.717) is 28.2 Å². The summed E-state index contributed by atoms with van der Waals surface area (Å²) in [6, 6.07) is 103. The first-order valence-electron chi connectivity index (χ1n) is 29.4. The van der Waals surface area contributed by atoms with Crippen LogP contribution in [0.1, 0.15) is 5.56 Å². The van der Waals surface area contributed by atoms with Crippen molar-refractivity contribution < 1.29 is 0 Å². The number of nitrogens with zero attached hydrogens (tertiary/aromatic N) is 6. The second-order valence-electron chi connectivity index (χ2n) is 22.1. The standard InChI is InChI=1S/C82H48N6/c1-84-82-75(68-47-45-66-70(52-26-10-3-11-27-52)49-73(54-30-14-5-15-31-54)86-79(66)81(68)88-77(82)56-34-18-7-19-35-56)64-43-23-39-60-58(37-21-41-62(60)64)57-36-20-40-61-59(57)38-22-42-63(61)74-67-46-44-65-69(51-24-8-2-9-25-51)48-72(53-28-12-4-13-29-53)85-78(65)80(67)87-76(71(74)50-83)55-32-16-6-17-33-55/h2-49H. The van der Waals surface area contributed by atoms with E-state index in [0.717, 1.165) is 149 Å². The zero-order chi connectivity index (χ0) is 58.7. The Hall–Kier alpha value is -12.2. The smallest absolute Gasteiger partial charge is 0.221 e. The van der Waals surface area contributed by atoms with Gasteiger partial charge >= 0.3 is 0 Å². The average molecular weight is 1120 g/mol. The highest BCUT2D eigenvalue weighted by molar-refractivity contribution is 6.22. The summed E-state index contributed by atoms with van der Waals surface area (Å²) in [7, 11) is 0. The molecule has 0 radical (unpaired) electrons. The van der Waals surface area contributed by atoms with Crippen LogP contribution in [-0.2, 0) is 0 Å². The predicted molar refractivity (Wildman–Crippen MR) is 363 cm³/mol. The molecule has 0 aliphatic rings. The monoisotopic (exact) mass is 1120 g/mol. The Labute approximate surface area is 508 Å². The molecular formula is C82H48N6. The van der Waals surface area contributed by atoms with Crippen molar-refractivity contribution in [2.45, 2.75) is 0 Å². The number of hydrogen-bond acceptors (Lipinski definition) is 5. The molecule has 0 aliphatic carbocycles. The maximum absolute atomic E-state index is 11.5. The van der Waals surface area contributed by atoms with Crippen LogP contribution in [0.25, 0.3) is 171 Å². The topological polar surface area (TPSA) is 79.7 Å². The van der Waals surface area contributed by atoms with Crippen LogP contribution in [0.15, 0.2) is 291 Å². The number of benzene rings is 12. The maximum Gasteiger partial charge on any atom is 0.221 e. The van der Waals surface area contributed by atoms with Gasteiger partial charge in [-0.3, -0.25) is 4.98 Å². The van der Waals surface area contributed by atoms with Crippen LogP contribution >= 0.6 is 0 Å². The summed E-state index contributed by atoms with van der Waals surface area (Å²) in [5.41, 5.74) is 20.2. The van der Waals surface area contributed by atoms with Gasteiger partial charge in [0.2, 0.25) is 5.69 Å². The highest BCUT2D eigenvalue weighted by Crippen LogP contribution is 2.50. The Morgan fingerprint density at radius 1 is 0.273 bits per heavy atom. The van der Waals surface area contributed by atoms with E-state index >= 15 is 0 Å². The normalized spacial score (nSPS) is 11.4.